The predicted molar refractivity (Wildman–Crippen MR) is 115 cm³/mol. The Morgan fingerprint density at radius 1 is 0.862 bits per heavy atom. The Labute approximate surface area is 171 Å². The Kier molecular flexibility index (Phi) is 7.06. The summed E-state index contributed by atoms with van der Waals surface area (Å²) in [5.74, 6) is 0.517. The van der Waals surface area contributed by atoms with E-state index in [1.807, 2.05) is 54.6 Å². The minimum atomic E-state index is -0.968. The molecule has 0 aliphatic heterocycles. The minimum absolute atomic E-state index is 0.238. The number of ether oxygens (including phenoxy) is 2. The maximum absolute atomic E-state index is 11.7. The number of aryl methyl sites for hydroxylation is 1. The van der Waals surface area contributed by atoms with Gasteiger partial charge in [-0.3, -0.25) is 0 Å². The van der Waals surface area contributed by atoms with Crippen molar-refractivity contribution in [3.63, 3.8) is 0 Å². The first-order valence-corrected chi connectivity index (χ1v) is 9.60. The van der Waals surface area contributed by atoms with E-state index in [2.05, 4.69) is 19.1 Å². The van der Waals surface area contributed by atoms with E-state index in [9.17, 15) is 9.90 Å². The van der Waals surface area contributed by atoms with E-state index in [0.717, 1.165) is 17.7 Å². The predicted octanol–water partition coefficient (Wildman–Crippen LogP) is 5.33. The van der Waals surface area contributed by atoms with E-state index in [0.29, 0.717) is 24.5 Å². The zero-order valence-corrected chi connectivity index (χ0v) is 16.4. The molecule has 0 amide bonds. The van der Waals surface area contributed by atoms with Gasteiger partial charge in [-0.2, -0.15) is 0 Å². The Hall–Kier alpha value is -3.53. The third-order valence-corrected chi connectivity index (χ3v) is 4.44. The van der Waals surface area contributed by atoms with E-state index in [1.165, 1.54) is 5.56 Å². The Bertz CT molecular complexity index is 960. The lowest BCUT2D eigenvalue weighted by molar-refractivity contribution is -0.130. The highest BCUT2D eigenvalue weighted by molar-refractivity contribution is 6.20. The van der Waals surface area contributed by atoms with Gasteiger partial charge in [0.15, 0.2) is 0 Å². The summed E-state index contributed by atoms with van der Waals surface area (Å²) in [7, 11) is 0. The van der Waals surface area contributed by atoms with Crippen molar-refractivity contribution in [3.05, 3.63) is 95.6 Å². The fraction of sp³-hybridized carbons (Fsp3) is 0.160. The zero-order chi connectivity index (χ0) is 20.5. The van der Waals surface area contributed by atoms with Crippen LogP contribution in [0.5, 0.6) is 11.5 Å². The van der Waals surface area contributed by atoms with E-state index < -0.39 is 5.97 Å². The van der Waals surface area contributed by atoms with Gasteiger partial charge in [-0.25, -0.2) is 4.79 Å². The lowest BCUT2D eigenvalue weighted by Crippen LogP contribution is -2.09. The average molecular weight is 388 g/mol. The van der Waals surface area contributed by atoms with Gasteiger partial charge in [0.1, 0.15) is 24.7 Å². The first-order valence-electron chi connectivity index (χ1n) is 9.60. The third-order valence-electron chi connectivity index (χ3n) is 4.44. The first-order chi connectivity index (χ1) is 14.2. The third kappa shape index (κ3) is 5.98. The van der Waals surface area contributed by atoms with Gasteiger partial charge in [0.25, 0.3) is 0 Å². The monoisotopic (exact) mass is 388 g/mol. The number of benzene rings is 3. The molecular weight excluding hydrogens is 364 g/mol. The van der Waals surface area contributed by atoms with Crippen molar-refractivity contribution >= 4 is 17.6 Å². The van der Waals surface area contributed by atoms with Crippen molar-refractivity contribution in [3.8, 4) is 11.5 Å². The maximum Gasteiger partial charge on any atom is 0.336 e. The average Bonchev–Trinajstić information content (AvgIpc) is 2.76. The Balaban J connectivity index is 1.60. The van der Waals surface area contributed by atoms with Gasteiger partial charge in [-0.1, -0.05) is 61.5 Å². The Morgan fingerprint density at radius 3 is 2.21 bits per heavy atom. The molecule has 0 fully saturated rings. The number of aliphatic carboxylic acids is 1. The highest BCUT2D eigenvalue weighted by Crippen LogP contribution is 2.21. The molecule has 148 valence electrons. The molecule has 4 heteroatoms. The molecule has 0 saturated carbocycles. The normalized spacial score (nSPS) is 11.1. The second-order valence-corrected chi connectivity index (χ2v) is 6.50. The standard InChI is InChI=1S/C25H24O4/c1-2-19-11-13-22(14-12-19)28-15-16-29-23-10-6-7-20(17-23)18-24(25(26)27)21-8-4-3-5-9-21/h3-14,17-18H,2,15-16H2,1H3,(H,26,27)/b24-18+. The fourth-order valence-electron chi connectivity index (χ4n) is 2.89. The number of hydrogen-bond acceptors (Lipinski definition) is 3. The number of hydrogen-bond donors (Lipinski definition) is 1. The summed E-state index contributed by atoms with van der Waals surface area (Å²) in [6.07, 6.45) is 2.65. The summed E-state index contributed by atoms with van der Waals surface area (Å²) in [5.41, 5.74) is 2.94. The summed E-state index contributed by atoms with van der Waals surface area (Å²) < 4.78 is 11.5. The summed E-state index contributed by atoms with van der Waals surface area (Å²) in [5, 5.41) is 9.56. The van der Waals surface area contributed by atoms with Crippen LogP contribution in [0, 0.1) is 0 Å². The Morgan fingerprint density at radius 2 is 1.55 bits per heavy atom. The molecule has 0 saturated heterocycles. The number of rotatable bonds is 9. The van der Waals surface area contributed by atoms with Crippen LogP contribution in [0.3, 0.4) is 0 Å². The lowest BCUT2D eigenvalue weighted by Gasteiger charge is -2.09. The topological polar surface area (TPSA) is 55.8 Å². The molecule has 0 aromatic heterocycles. The van der Waals surface area contributed by atoms with Gasteiger partial charge >= 0.3 is 5.97 Å². The summed E-state index contributed by atoms with van der Waals surface area (Å²) >= 11 is 0. The van der Waals surface area contributed by atoms with Gasteiger partial charge in [0, 0.05) is 0 Å². The molecule has 3 aromatic carbocycles. The van der Waals surface area contributed by atoms with Gasteiger partial charge in [0.2, 0.25) is 0 Å². The van der Waals surface area contributed by atoms with Gasteiger partial charge in [-0.05, 0) is 53.5 Å². The van der Waals surface area contributed by atoms with E-state index in [1.54, 1.807) is 18.2 Å². The van der Waals surface area contributed by atoms with E-state index in [4.69, 9.17) is 9.47 Å². The van der Waals surface area contributed by atoms with Crippen molar-refractivity contribution in [1.29, 1.82) is 0 Å². The van der Waals surface area contributed by atoms with Crippen LogP contribution >= 0.6 is 0 Å². The van der Waals surface area contributed by atoms with Crippen molar-refractivity contribution in [2.75, 3.05) is 13.2 Å². The maximum atomic E-state index is 11.7. The second-order valence-electron chi connectivity index (χ2n) is 6.50. The SMILES string of the molecule is CCc1ccc(OCCOc2cccc(/C=C(/C(=O)O)c3ccccc3)c2)cc1. The van der Waals surface area contributed by atoms with Crippen LogP contribution in [0.15, 0.2) is 78.9 Å². The molecule has 0 radical (unpaired) electrons. The quantitative estimate of drug-likeness (QED) is 0.306. The smallest absolute Gasteiger partial charge is 0.336 e. The molecule has 0 aliphatic rings. The molecule has 3 rings (SSSR count). The lowest BCUT2D eigenvalue weighted by atomic mass is 10.0. The molecular formula is C25H24O4. The molecule has 3 aromatic rings. The van der Waals surface area contributed by atoms with Crippen molar-refractivity contribution in [1.82, 2.24) is 0 Å². The van der Waals surface area contributed by atoms with Crippen LogP contribution in [0.1, 0.15) is 23.6 Å². The van der Waals surface area contributed by atoms with Gasteiger partial charge in [0.05, 0.1) is 5.57 Å². The molecule has 1 N–H and O–H groups in total. The molecule has 4 nitrogen and oxygen atoms in total. The van der Waals surface area contributed by atoms with Crippen molar-refractivity contribution in [2.24, 2.45) is 0 Å². The fourth-order valence-corrected chi connectivity index (χ4v) is 2.89. The second kappa shape index (κ2) is 10.1. The highest BCUT2D eigenvalue weighted by atomic mass is 16.5. The van der Waals surface area contributed by atoms with Crippen LogP contribution in [0.2, 0.25) is 0 Å². The van der Waals surface area contributed by atoms with Crippen LogP contribution in [0.25, 0.3) is 11.6 Å². The van der Waals surface area contributed by atoms with E-state index >= 15 is 0 Å². The van der Waals surface area contributed by atoms with E-state index in [-0.39, 0.29) is 5.57 Å². The van der Waals surface area contributed by atoms with Crippen molar-refractivity contribution < 1.29 is 19.4 Å². The largest absolute Gasteiger partial charge is 0.490 e. The summed E-state index contributed by atoms with van der Waals surface area (Å²) in [4.78, 5) is 11.7. The number of carboxylic acids is 1. The number of carboxylic acid groups (broad SMARTS) is 1. The van der Waals surface area contributed by atoms with Crippen LogP contribution in [0.4, 0.5) is 0 Å². The molecule has 0 bridgehead atoms. The molecule has 0 unspecified atom stereocenters. The minimum Gasteiger partial charge on any atom is -0.490 e. The summed E-state index contributed by atoms with van der Waals surface area (Å²) in [6.45, 7) is 2.94. The molecule has 0 spiro atoms. The molecule has 0 aliphatic carbocycles. The van der Waals surface area contributed by atoms with Gasteiger partial charge < -0.3 is 14.6 Å². The zero-order valence-electron chi connectivity index (χ0n) is 16.4. The number of carbonyl (C=O) groups is 1. The molecule has 0 heterocycles. The van der Waals surface area contributed by atoms with Crippen LogP contribution in [-0.4, -0.2) is 24.3 Å². The van der Waals surface area contributed by atoms with Gasteiger partial charge in [-0.15, -0.1) is 0 Å². The summed E-state index contributed by atoms with van der Waals surface area (Å²) in [6, 6.07) is 24.5. The molecule has 0 atom stereocenters. The van der Waals surface area contributed by atoms with Crippen LogP contribution in [-0.2, 0) is 11.2 Å². The highest BCUT2D eigenvalue weighted by Gasteiger charge is 2.10. The van der Waals surface area contributed by atoms with Crippen LogP contribution < -0.4 is 9.47 Å². The first kappa shape index (κ1) is 20.2. The molecule has 29 heavy (non-hydrogen) atoms. The van der Waals surface area contributed by atoms with Crippen molar-refractivity contribution in [2.45, 2.75) is 13.3 Å².